The number of aliphatic hydroxyl groups is 3. The second-order valence-electron chi connectivity index (χ2n) is 12.1. The molecule has 2 unspecified atom stereocenters. The Kier molecular flexibility index (Phi) is 6.25. The standard InChI is InChI=1S/C29H35FN4O7/c1-4-6-33(2)22-14-9-12-8-13-16(24(36)20-17(19(13)30)21-11(10-32-20)5-7-34(21)3)23(35)15(12)26(38)29(14,41)27(39)18(25(22)37)28(31)40/h11-12,14,21-22,32,36-38,41H,4-10H2,1-3H3,(H2,31,40)/t11?,12-,14-,21?,22-,29-/m0/s1. The topological polar surface area (TPSA) is 177 Å². The normalized spacial score (nSPS) is 32.8. The van der Waals surface area contributed by atoms with Gasteiger partial charge in [0.2, 0.25) is 5.78 Å². The minimum absolute atomic E-state index is 0.0270. The van der Waals surface area contributed by atoms with Crippen LogP contribution in [-0.4, -0.2) is 93.1 Å². The van der Waals surface area contributed by atoms with Crippen molar-refractivity contribution in [2.24, 2.45) is 23.5 Å². The van der Waals surface area contributed by atoms with Crippen molar-refractivity contribution in [3.05, 3.63) is 45.2 Å². The maximum absolute atomic E-state index is 16.4. The summed E-state index contributed by atoms with van der Waals surface area (Å²) in [6.07, 6.45) is 1.34. The van der Waals surface area contributed by atoms with Crippen LogP contribution in [0.3, 0.4) is 0 Å². The predicted octanol–water partition coefficient (Wildman–Crippen LogP) is 1.46. The monoisotopic (exact) mass is 570 g/mol. The number of nitrogens with zero attached hydrogens (tertiary/aromatic N) is 2. The number of nitrogens with one attached hydrogen (secondary N) is 1. The Morgan fingerprint density at radius 2 is 1.98 bits per heavy atom. The van der Waals surface area contributed by atoms with Gasteiger partial charge in [-0.15, -0.1) is 0 Å². The summed E-state index contributed by atoms with van der Waals surface area (Å²) in [4.78, 5) is 43.4. The van der Waals surface area contributed by atoms with Gasteiger partial charge in [0.15, 0.2) is 17.1 Å². The van der Waals surface area contributed by atoms with Crippen molar-refractivity contribution in [1.82, 2.24) is 9.80 Å². The Labute approximate surface area is 236 Å². The number of nitrogens with two attached hydrogens (primary N) is 1. The number of benzene rings is 1. The third-order valence-electron chi connectivity index (χ3n) is 9.97. The van der Waals surface area contributed by atoms with E-state index >= 15 is 4.39 Å². The highest BCUT2D eigenvalue weighted by Crippen LogP contribution is 2.55. The number of halogens is 1. The molecule has 7 N–H and O–H groups in total. The first-order valence-corrected chi connectivity index (χ1v) is 14.1. The van der Waals surface area contributed by atoms with Gasteiger partial charge in [-0.3, -0.25) is 24.2 Å². The first-order valence-electron chi connectivity index (χ1n) is 14.1. The molecule has 41 heavy (non-hydrogen) atoms. The van der Waals surface area contributed by atoms with E-state index in [1.165, 1.54) is 0 Å². The van der Waals surface area contributed by atoms with Crippen LogP contribution in [0.4, 0.5) is 10.1 Å². The molecule has 0 saturated carbocycles. The van der Waals surface area contributed by atoms with Crippen LogP contribution in [0.2, 0.25) is 0 Å². The number of amides is 1. The summed E-state index contributed by atoms with van der Waals surface area (Å²) in [6.45, 7) is 3.55. The number of likely N-dealkylation sites (N-methyl/N-ethyl adjacent to an activating group) is 1. The lowest BCUT2D eigenvalue weighted by Crippen LogP contribution is -2.64. The molecule has 0 spiro atoms. The fourth-order valence-corrected chi connectivity index (χ4v) is 8.15. The summed E-state index contributed by atoms with van der Waals surface area (Å²) >= 11 is 0. The van der Waals surface area contributed by atoms with Gasteiger partial charge in [0, 0.05) is 35.2 Å². The van der Waals surface area contributed by atoms with Gasteiger partial charge in [-0.05, 0) is 64.7 Å². The van der Waals surface area contributed by atoms with Gasteiger partial charge in [-0.2, -0.15) is 0 Å². The number of Topliss-reactive ketones (excluding diaryl/α,β-unsaturated/α-hetero) is 2. The van der Waals surface area contributed by atoms with Crippen molar-refractivity contribution in [1.29, 1.82) is 0 Å². The Hall–Kier alpha value is -3.48. The fourth-order valence-electron chi connectivity index (χ4n) is 8.15. The largest absolute Gasteiger partial charge is 0.510 e. The number of anilines is 1. The van der Waals surface area contributed by atoms with Crippen LogP contribution in [0.1, 0.15) is 53.7 Å². The summed E-state index contributed by atoms with van der Waals surface area (Å²) in [5.41, 5.74) is 1.70. The number of phenols is 1. The number of fused-ring (bicyclic) bond motifs is 6. The first kappa shape index (κ1) is 27.7. The third kappa shape index (κ3) is 3.50. The van der Waals surface area contributed by atoms with E-state index < -0.39 is 69.6 Å². The number of carbonyl (C=O) groups excluding carboxylic acids is 3. The lowest BCUT2D eigenvalue weighted by Gasteiger charge is -2.50. The van der Waals surface area contributed by atoms with E-state index in [4.69, 9.17) is 5.73 Å². The van der Waals surface area contributed by atoms with E-state index in [0.717, 1.165) is 13.0 Å². The van der Waals surface area contributed by atoms with E-state index in [1.807, 2.05) is 18.9 Å². The zero-order valence-electron chi connectivity index (χ0n) is 23.2. The lowest BCUT2D eigenvalue weighted by atomic mass is 9.58. The zero-order chi connectivity index (χ0) is 29.7. The zero-order valence-corrected chi connectivity index (χ0v) is 23.2. The van der Waals surface area contributed by atoms with Gasteiger partial charge < -0.3 is 31.5 Å². The molecule has 2 aliphatic heterocycles. The smallest absolute Gasteiger partial charge is 0.255 e. The van der Waals surface area contributed by atoms with Crippen LogP contribution < -0.4 is 11.1 Å². The molecule has 1 amide bonds. The molecule has 11 nitrogen and oxygen atoms in total. The van der Waals surface area contributed by atoms with E-state index in [-0.39, 0.29) is 47.2 Å². The minimum Gasteiger partial charge on any atom is -0.510 e. The van der Waals surface area contributed by atoms with Crippen LogP contribution >= 0.6 is 0 Å². The van der Waals surface area contributed by atoms with Gasteiger partial charge in [0.1, 0.15) is 22.9 Å². The average molecular weight is 571 g/mol. The van der Waals surface area contributed by atoms with Gasteiger partial charge in [-0.25, -0.2) is 4.39 Å². The maximum Gasteiger partial charge on any atom is 0.255 e. The number of allylic oxidation sites excluding steroid dienone is 1. The molecule has 0 radical (unpaired) electrons. The van der Waals surface area contributed by atoms with Crippen LogP contribution in [0, 0.1) is 23.6 Å². The van der Waals surface area contributed by atoms with Gasteiger partial charge in [0.05, 0.1) is 17.3 Å². The molecule has 3 aliphatic carbocycles. The highest BCUT2D eigenvalue weighted by Gasteiger charge is 2.63. The molecular formula is C29H35FN4O7. The Bertz CT molecular complexity index is 1470. The number of hydrogen-bond acceptors (Lipinski definition) is 10. The van der Waals surface area contributed by atoms with Crippen LogP contribution in [0.25, 0.3) is 0 Å². The number of aliphatic hydroxyl groups excluding tert-OH is 2. The molecule has 1 aromatic rings. The predicted molar refractivity (Wildman–Crippen MR) is 145 cm³/mol. The Morgan fingerprint density at radius 3 is 2.63 bits per heavy atom. The minimum atomic E-state index is -2.73. The number of likely N-dealkylation sites (tertiary alicyclic amines) is 1. The van der Waals surface area contributed by atoms with Crippen molar-refractivity contribution in [3.63, 3.8) is 0 Å². The molecule has 0 bridgehead atoms. The molecule has 6 atom stereocenters. The van der Waals surface area contributed by atoms with Crippen LogP contribution in [-0.2, 0) is 16.0 Å². The molecule has 2 heterocycles. The summed E-state index contributed by atoms with van der Waals surface area (Å²) in [7, 11) is 3.54. The van der Waals surface area contributed by atoms with Crippen molar-refractivity contribution >= 4 is 23.2 Å². The SMILES string of the molecule is CCCN(C)[C@@H]1C(O)=C(C(N)=O)C(=O)[C@@]2(O)C(O)=C3C(=O)c4c(O)c5c(c(F)c4C[C@H]3C[C@@H]12)C1C(CCN1C)CN5. The number of rotatable bonds is 4. The highest BCUT2D eigenvalue weighted by atomic mass is 19.1. The molecule has 6 rings (SSSR count). The number of primary amides is 1. The summed E-state index contributed by atoms with van der Waals surface area (Å²) in [5.74, 6) is -7.90. The van der Waals surface area contributed by atoms with Crippen molar-refractivity contribution in [3.8, 4) is 5.75 Å². The van der Waals surface area contributed by atoms with Gasteiger partial charge in [-0.1, -0.05) is 6.92 Å². The number of phenolic OH excluding ortho intramolecular Hbond substituents is 1. The Balaban J connectivity index is 1.54. The van der Waals surface area contributed by atoms with E-state index in [9.17, 15) is 34.8 Å². The summed E-state index contributed by atoms with van der Waals surface area (Å²) in [6, 6.07) is -1.35. The second kappa shape index (κ2) is 9.27. The average Bonchev–Trinajstić information content (AvgIpc) is 3.29. The highest BCUT2D eigenvalue weighted by molar-refractivity contribution is 6.25. The molecular weight excluding hydrogens is 535 g/mol. The summed E-state index contributed by atoms with van der Waals surface area (Å²) in [5, 5.41) is 48.9. The molecule has 0 aromatic heterocycles. The van der Waals surface area contributed by atoms with Crippen molar-refractivity contribution < 1.29 is 39.2 Å². The number of aromatic hydroxyl groups is 1. The molecule has 12 heteroatoms. The molecule has 1 fully saturated rings. The van der Waals surface area contributed by atoms with Crippen molar-refractivity contribution in [2.45, 2.75) is 50.3 Å². The van der Waals surface area contributed by atoms with Crippen LogP contribution in [0.5, 0.6) is 5.75 Å². The maximum atomic E-state index is 16.4. The molecule has 220 valence electrons. The number of carbonyl (C=O) groups is 3. The molecule has 1 saturated heterocycles. The number of ketones is 2. The van der Waals surface area contributed by atoms with Crippen LogP contribution in [0.15, 0.2) is 22.7 Å². The van der Waals surface area contributed by atoms with Crippen molar-refractivity contribution in [2.75, 3.05) is 39.0 Å². The first-order chi connectivity index (χ1) is 19.4. The second-order valence-corrected chi connectivity index (χ2v) is 12.1. The fraction of sp³-hybridized carbons (Fsp3) is 0.552. The van der Waals surface area contributed by atoms with Gasteiger partial charge >= 0.3 is 0 Å². The van der Waals surface area contributed by atoms with Gasteiger partial charge in [0.25, 0.3) is 5.91 Å². The van der Waals surface area contributed by atoms with E-state index in [2.05, 4.69) is 5.32 Å². The van der Waals surface area contributed by atoms with E-state index in [1.54, 1.807) is 11.9 Å². The third-order valence-corrected chi connectivity index (χ3v) is 9.97. The molecule has 1 aromatic carbocycles. The quantitative estimate of drug-likeness (QED) is 0.229. The lowest BCUT2D eigenvalue weighted by molar-refractivity contribution is -0.149. The number of hydrogen-bond donors (Lipinski definition) is 6. The Morgan fingerprint density at radius 1 is 1.27 bits per heavy atom. The van der Waals surface area contributed by atoms with E-state index in [0.29, 0.717) is 25.1 Å². The molecule has 5 aliphatic rings. The summed E-state index contributed by atoms with van der Waals surface area (Å²) < 4.78 is 16.4.